The van der Waals surface area contributed by atoms with Crippen LogP contribution < -0.4 is 10.6 Å². The third-order valence-corrected chi connectivity index (χ3v) is 3.93. The Balaban J connectivity index is 1.93. The van der Waals surface area contributed by atoms with E-state index in [9.17, 15) is 0 Å². The topological polar surface area (TPSA) is 24.1 Å². The van der Waals surface area contributed by atoms with Crippen molar-refractivity contribution in [2.45, 2.75) is 6.54 Å². The van der Waals surface area contributed by atoms with E-state index in [0.717, 1.165) is 11.3 Å². The number of nitrogens with one attached hydrogen (secondary N) is 2. The first kappa shape index (κ1) is 15.4. The summed E-state index contributed by atoms with van der Waals surface area (Å²) in [6.07, 6.45) is 0. The quantitative estimate of drug-likeness (QED) is 0.754. The minimum absolute atomic E-state index is 0.477. The van der Waals surface area contributed by atoms with E-state index in [1.54, 1.807) is 18.2 Å². The van der Waals surface area contributed by atoms with Crippen molar-refractivity contribution in [2.75, 3.05) is 5.32 Å². The molecule has 0 atom stereocenters. The monoisotopic (exact) mass is 344 g/mol. The Morgan fingerprint density at radius 2 is 1.70 bits per heavy atom. The largest absolute Gasteiger partial charge is 0.358 e. The molecule has 0 fully saturated rings. The normalized spacial score (nSPS) is 10.2. The second-order valence-electron chi connectivity index (χ2n) is 4.03. The lowest BCUT2D eigenvalue weighted by Gasteiger charge is -2.11. The molecule has 0 aromatic heterocycles. The number of benzene rings is 2. The number of hydrogen-bond donors (Lipinski definition) is 2. The molecule has 0 unspecified atom stereocenters. The van der Waals surface area contributed by atoms with Gasteiger partial charge in [0.15, 0.2) is 5.11 Å². The Kier molecular flexibility index (Phi) is 5.49. The highest BCUT2D eigenvalue weighted by Gasteiger charge is 2.03. The lowest BCUT2D eigenvalue weighted by atomic mass is 10.2. The Morgan fingerprint density at radius 1 is 0.950 bits per heavy atom. The fourth-order valence-electron chi connectivity index (χ4n) is 1.57. The molecule has 104 valence electrons. The molecule has 2 rings (SSSR count). The summed E-state index contributed by atoms with van der Waals surface area (Å²) in [6.45, 7) is 0.548. The molecular weight excluding hydrogens is 335 g/mol. The van der Waals surface area contributed by atoms with Gasteiger partial charge in [0.25, 0.3) is 0 Å². The van der Waals surface area contributed by atoms with Crippen LogP contribution in [0, 0.1) is 0 Å². The van der Waals surface area contributed by atoms with Gasteiger partial charge in [-0.25, -0.2) is 0 Å². The number of halogens is 3. The van der Waals surface area contributed by atoms with Crippen molar-refractivity contribution in [1.29, 1.82) is 0 Å². The van der Waals surface area contributed by atoms with E-state index in [2.05, 4.69) is 10.6 Å². The standard InChI is InChI=1S/C14H11Cl3N2S/c15-11-4-2-1-3-9(11)8-18-14(20)19-10-5-6-12(16)13(17)7-10/h1-7H,8H2,(H2,18,19,20). The SMILES string of the molecule is S=C(NCc1ccccc1Cl)Nc1ccc(Cl)c(Cl)c1. The molecule has 2 aromatic rings. The van der Waals surface area contributed by atoms with Crippen molar-refractivity contribution < 1.29 is 0 Å². The maximum Gasteiger partial charge on any atom is 0.171 e. The van der Waals surface area contributed by atoms with Gasteiger partial charge in [-0.05, 0) is 42.0 Å². The first-order chi connectivity index (χ1) is 9.56. The first-order valence-corrected chi connectivity index (χ1v) is 7.34. The Hall–Kier alpha value is -1.000. The highest BCUT2D eigenvalue weighted by atomic mass is 35.5. The van der Waals surface area contributed by atoms with E-state index in [1.807, 2.05) is 24.3 Å². The molecule has 6 heteroatoms. The van der Waals surface area contributed by atoms with E-state index in [4.69, 9.17) is 47.0 Å². The number of hydrogen-bond acceptors (Lipinski definition) is 1. The van der Waals surface area contributed by atoms with E-state index in [1.165, 1.54) is 0 Å². The van der Waals surface area contributed by atoms with Crippen LogP contribution >= 0.6 is 47.0 Å². The van der Waals surface area contributed by atoms with Crippen LogP contribution in [0.5, 0.6) is 0 Å². The lowest BCUT2D eigenvalue weighted by molar-refractivity contribution is 0.926. The van der Waals surface area contributed by atoms with Gasteiger partial charge in [-0.3, -0.25) is 0 Å². The smallest absolute Gasteiger partial charge is 0.171 e. The third-order valence-electron chi connectivity index (χ3n) is 2.57. The van der Waals surface area contributed by atoms with Gasteiger partial charge in [-0.1, -0.05) is 53.0 Å². The van der Waals surface area contributed by atoms with Crippen LogP contribution in [0.2, 0.25) is 15.1 Å². The maximum absolute atomic E-state index is 6.07. The van der Waals surface area contributed by atoms with E-state index >= 15 is 0 Å². The summed E-state index contributed by atoms with van der Waals surface area (Å²) in [5.74, 6) is 0. The summed E-state index contributed by atoms with van der Waals surface area (Å²) in [5.41, 5.74) is 1.75. The molecule has 2 nitrogen and oxygen atoms in total. The molecule has 0 aliphatic heterocycles. The van der Waals surface area contributed by atoms with Crippen molar-refractivity contribution in [3.63, 3.8) is 0 Å². The summed E-state index contributed by atoms with van der Waals surface area (Å²) in [5, 5.41) is 8.30. The van der Waals surface area contributed by atoms with Gasteiger partial charge >= 0.3 is 0 Å². The van der Waals surface area contributed by atoms with Crippen molar-refractivity contribution in [3.05, 3.63) is 63.1 Å². The maximum atomic E-state index is 6.07. The molecule has 2 N–H and O–H groups in total. The Morgan fingerprint density at radius 3 is 2.40 bits per heavy atom. The molecule has 20 heavy (non-hydrogen) atoms. The number of thiocarbonyl (C=S) groups is 1. The summed E-state index contributed by atoms with van der Waals surface area (Å²) in [4.78, 5) is 0. The lowest BCUT2D eigenvalue weighted by Crippen LogP contribution is -2.27. The zero-order chi connectivity index (χ0) is 14.5. The molecule has 0 bridgehead atoms. The van der Waals surface area contributed by atoms with Crippen molar-refractivity contribution in [1.82, 2.24) is 5.32 Å². The summed E-state index contributed by atoms with van der Waals surface area (Å²) in [7, 11) is 0. The van der Waals surface area contributed by atoms with Crippen LogP contribution in [0.1, 0.15) is 5.56 Å². The van der Waals surface area contributed by atoms with Crippen LogP contribution in [0.3, 0.4) is 0 Å². The van der Waals surface area contributed by atoms with Crippen LogP contribution in [0.15, 0.2) is 42.5 Å². The fourth-order valence-corrected chi connectivity index (χ4v) is 2.26. The molecule has 0 saturated heterocycles. The second-order valence-corrected chi connectivity index (χ2v) is 5.66. The number of anilines is 1. The van der Waals surface area contributed by atoms with Crippen LogP contribution in [-0.2, 0) is 6.54 Å². The predicted octanol–water partition coefficient (Wildman–Crippen LogP) is 5.13. The van der Waals surface area contributed by atoms with Crippen LogP contribution in [0.4, 0.5) is 5.69 Å². The molecule has 0 heterocycles. The van der Waals surface area contributed by atoms with Crippen molar-refractivity contribution in [2.24, 2.45) is 0 Å². The molecule has 0 aliphatic carbocycles. The van der Waals surface area contributed by atoms with Gasteiger partial charge in [0.1, 0.15) is 0 Å². The molecule has 0 amide bonds. The average Bonchev–Trinajstić information content (AvgIpc) is 2.42. The average molecular weight is 346 g/mol. The zero-order valence-corrected chi connectivity index (χ0v) is 13.4. The molecule has 0 spiro atoms. The van der Waals surface area contributed by atoms with Gasteiger partial charge in [0.2, 0.25) is 0 Å². The highest BCUT2D eigenvalue weighted by Crippen LogP contribution is 2.25. The van der Waals surface area contributed by atoms with E-state index < -0.39 is 0 Å². The van der Waals surface area contributed by atoms with Crippen molar-refractivity contribution in [3.8, 4) is 0 Å². The predicted molar refractivity (Wildman–Crippen MR) is 91.0 cm³/mol. The fraction of sp³-hybridized carbons (Fsp3) is 0.0714. The summed E-state index contributed by atoms with van der Waals surface area (Å²) >= 11 is 23.1. The molecule has 2 aromatic carbocycles. The second kappa shape index (κ2) is 7.14. The van der Waals surface area contributed by atoms with Gasteiger partial charge in [-0.2, -0.15) is 0 Å². The summed E-state index contributed by atoms with van der Waals surface area (Å²) in [6, 6.07) is 12.8. The third kappa shape index (κ3) is 4.25. The Bertz CT molecular complexity index is 632. The van der Waals surface area contributed by atoms with Crippen molar-refractivity contribution >= 4 is 57.8 Å². The van der Waals surface area contributed by atoms with E-state index in [0.29, 0.717) is 26.7 Å². The summed E-state index contributed by atoms with van der Waals surface area (Å²) < 4.78 is 0. The zero-order valence-electron chi connectivity index (χ0n) is 10.3. The first-order valence-electron chi connectivity index (χ1n) is 5.79. The minimum Gasteiger partial charge on any atom is -0.358 e. The molecule has 0 radical (unpaired) electrons. The van der Waals surface area contributed by atoms with Gasteiger partial charge in [0, 0.05) is 17.3 Å². The molecule has 0 aliphatic rings. The van der Waals surface area contributed by atoms with Gasteiger partial charge in [-0.15, -0.1) is 0 Å². The van der Waals surface area contributed by atoms with Gasteiger partial charge < -0.3 is 10.6 Å². The van der Waals surface area contributed by atoms with E-state index in [-0.39, 0.29) is 0 Å². The number of rotatable bonds is 3. The molecule has 0 saturated carbocycles. The minimum atomic E-state index is 0.477. The molecular formula is C14H11Cl3N2S. The van der Waals surface area contributed by atoms with Crippen LogP contribution in [0.25, 0.3) is 0 Å². The Labute approximate surface area is 138 Å². The van der Waals surface area contributed by atoms with Crippen LogP contribution in [-0.4, -0.2) is 5.11 Å². The highest BCUT2D eigenvalue weighted by molar-refractivity contribution is 7.80. The van der Waals surface area contributed by atoms with Gasteiger partial charge in [0.05, 0.1) is 10.0 Å².